The molecule has 1 fully saturated rings. The van der Waals surface area contributed by atoms with Gasteiger partial charge in [0.15, 0.2) is 6.35 Å². The molecule has 1 atom stereocenters. The molecule has 9 heteroatoms. The monoisotopic (exact) mass is 416 g/mol. The highest BCUT2D eigenvalue weighted by Crippen LogP contribution is 2.23. The summed E-state index contributed by atoms with van der Waals surface area (Å²) in [6.45, 7) is 3.78. The van der Waals surface area contributed by atoms with Crippen molar-refractivity contribution in [3.63, 3.8) is 0 Å². The highest BCUT2D eigenvalue weighted by atomic mass is 19.1. The van der Waals surface area contributed by atoms with Gasteiger partial charge in [-0.25, -0.2) is 9.87 Å². The van der Waals surface area contributed by atoms with Crippen molar-refractivity contribution in [1.29, 1.82) is 0 Å². The summed E-state index contributed by atoms with van der Waals surface area (Å²) in [6, 6.07) is 12.5. The maximum Gasteiger partial charge on any atom is 0.274 e. The summed E-state index contributed by atoms with van der Waals surface area (Å²) in [5.41, 5.74) is 3.17. The van der Waals surface area contributed by atoms with Crippen LogP contribution in [-0.4, -0.2) is 64.5 Å². The second-order valence-corrected chi connectivity index (χ2v) is 7.13. The molecule has 0 bridgehead atoms. The first-order valence-corrected chi connectivity index (χ1v) is 9.62. The van der Waals surface area contributed by atoms with Crippen LogP contribution < -0.4 is 10.4 Å². The summed E-state index contributed by atoms with van der Waals surface area (Å²) in [5, 5.41) is 19.8. The zero-order valence-electron chi connectivity index (χ0n) is 16.7. The molecule has 0 spiro atoms. The summed E-state index contributed by atoms with van der Waals surface area (Å²) in [6.07, 6.45) is -1.03. The predicted octanol–water partition coefficient (Wildman–Crippen LogP) is 1.39. The molecule has 3 rings (SSSR count). The van der Waals surface area contributed by atoms with E-state index in [1.54, 1.807) is 51.7 Å². The van der Waals surface area contributed by atoms with Gasteiger partial charge in [-0.05, 0) is 35.9 Å². The summed E-state index contributed by atoms with van der Waals surface area (Å²) in [4.78, 5) is 28.3. The highest BCUT2D eigenvalue weighted by Gasteiger charge is 2.28. The first-order chi connectivity index (χ1) is 14.4. The molecule has 30 heavy (non-hydrogen) atoms. The van der Waals surface area contributed by atoms with Crippen molar-refractivity contribution in [3.05, 3.63) is 65.5 Å². The van der Waals surface area contributed by atoms with E-state index in [0.717, 1.165) is 5.56 Å². The number of rotatable bonds is 6. The number of amides is 2. The lowest BCUT2D eigenvalue weighted by molar-refractivity contribution is -0.132. The van der Waals surface area contributed by atoms with Crippen LogP contribution in [0.5, 0.6) is 0 Å². The zero-order chi connectivity index (χ0) is 21.7. The van der Waals surface area contributed by atoms with Crippen molar-refractivity contribution in [2.24, 2.45) is 0 Å². The number of carbonyl (C=O) groups is 2. The number of halogens is 1. The van der Waals surface area contributed by atoms with Crippen molar-refractivity contribution in [1.82, 2.24) is 15.3 Å². The summed E-state index contributed by atoms with van der Waals surface area (Å²) in [5.74, 6) is -1.04. The third kappa shape index (κ3) is 5.12. The van der Waals surface area contributed by atoms with E-state index in [-0.39, 0.29) is 12.5 Å². The van der Waals surface area contributed by atoms with Crippen LogP contribution >= 0.6 is 0 Å². The number of aliphatic hydroxyl groups excluding tert-OH is 1. The molecule has 160 valence electrons. The Morgan fingerprint density at radius 1 is 1.13 bits per heavy atom. The number of hydrogen-bond acceptors (Lipinski definition) is 6. The first kappa shape index (κ1) is 21.7. The Balaban J connectivity index is 1.80. The molecule has 0 saturated carbocycles. The smallest absolute Gasteiger partial charge is 0.274 e. The van der Waals surface area contributed by atoms with E-state index >= 15 is 0 Å². The minimum atomic E-state index is -1.03. The van der Waals surface area contributed by atoms with E-state index in [0.29, 0.717) is 37.4 Å². The predicted molar refractivity (Wildman–Crippen MR) is 108 cm³/mol. The number of nitrogens with zero attached hydrogens (tertiary/aromatic N) is 3. The van der Waals surface area contributed by atoms with Gasteiger partial charge in [0.25, 0.3) is 5.91 Å². The van der Waals surface area contributed by atoms with Gasteiger partial charge in [-0.1, -0.05) is 18.2 Å². The van der Waals surface area contributed by atoms with Crippen molar-refractivity contribution in [2.75, 3.05) is 31.1 Å². The minimum Gasteiger partial charge on any atom is -0.361 e. The van der Waals surface area contributed by atoms with Crippen LogP contribution in [0.2, 0.25) is 0 Å². The molecule has 0 aromatic heterocycles. The molecule has 1 aliphatic rings. The second kappa shape index (κ2) is 9.66. The van der Waals surface area contributed by atoms with E-state index in [1.807, 2.05) is 4.90 Å². The van der Waals surface area contributed by atoms with Gasteiger partial charge in [0.2, 0.25) is 5.91 Å². The molecule has 0 aliphatic carbocycles. The number of carbonyl (C=O) groups excluding carboxylic acids is 2. The molecule has 3 N–H and O–H groups in total. The molecule has 1 saturated heterocycles. The van der Waals surface area contributed by atoms with Crippen molar-refractivity contribution in [2.45, 2.75) is 19.8 Å². The zero-order valence-corrected chi connectivity index (χ0v) is 16.7. The summed E-state index contributed by atoms with van der Waals surface area (Å²) >= 11 is 0. The lowest BCUT2D eigenvalue weighted by atomic mass is 10.1. The third-order valence-corrected chi connectivity index (χ3v) is 5.18. The number of hydrogen-bond donors (Lipinski definition) is 3. The van der Waals surface area contributed by atoms with Crippen LogP contribution in [0.25, 0.3) is 0 Å². The van der Waals surface area contributed by atoms with Gasteiger partial charge >= 0.3 is 0 Å². The fourth-order valence-corrected chi connectivity index (χ4v) is 3.45. The van der Waals surface area contributed by atoms with Crippen molar-refractivity contribution >= 4 is 17.5 Å². The molecule has 1 aliphatic heterocycles. The van der Waals surface area contributed by atoms with Gasteiger partial charge < -0.3 is 14.9 Å². The van der Waals surface area contributed by atoms with Gasteiger partial charge in [0.05, 0.1) is 0 Å². The maximum absolute atomic E-state index is 13.9. The Morgan fingerprint density at radius 2 is 1.80 bits per heavy atom. The number of nitrogens with one attached hydrogen (secondary N) is 1. The van der Waals surface area contributed by atoms with E-state index in [9.17, 15) is 19.1 Å². The maximum atomic E-state index is 13.9. The SMILES string of the molecule is CC(=O)N1CCN(C(O)N(Cc2ccc(C(=O)NO)cc2)c2cccc(F)c2)CC1. The van der Waals surface area contributed by atoms with Gasteiger partial charge in [-0.3, -0.25) is 19.7 Å². The minimum absolute atomic E-state index is 0.00173. The Bertz CT molecular complexity index is 885. The van der Waals surface area contributed by atoms with E-state index in [2.05, 4.69) is 0 Å². The Hall–Kier alpha value is -3.01. The van der Waals surface area contributed by atoms with Crippen LogP contribution in [0.3, 0.4) is 0 Å². The van der Waals surface area contributed by atoms with Crippen LogP contribution in [0.15, 0.2) is 48.5 Å². The fourth-order valence-electron chi connectivity index (χ4n) is 3.45. The van der Waals surface area contributed by atoms with Crippen LogP contribution in [-0.2, 0) is 11.3 Å². The molecular weight excluding hydrogens is 391 g/mol. The normalized spacial score (nSPS) is 15.5. The Kier molecular flexibility index (Phi) is 6.99. The van der Waals surface area contributed by atoms with Crippen LogP contribution in [0, 0.1) is 5.82 Å². The number of benzene rings is 2. The van der Waals surface area contributed by atoms with Crippen LogP contribution in [0.1, 0.15) is 22.8 Å². The van der Waals surface area contributed by atoms with Gasteiger partial charge in [0, 0.05) is 50.9 Å². The number of anilines is 1. The standard InChI is InChI=1S/C21H25FN4O4/c1-15(27)24-9-11-25(12-10-24)21(29)26(19-4-2-3-18(22)13-19)14-16-5-7-17(8-6-16)20(28)23-30/h2-8,13,21,29-30H,9-12,14H2,1H3,(H,23,28). The Morgan fingerprint density at radius 3 is 2.37 bits per heavy atom. The van der Waals surface area contributed by atoms with E-state index < -0.39 is 18.1 Å². The fraction of sp³-hybridized carbons (Fsp3) is 0.333. The van der Waals surface area contributed by atoms with E-state index in [1.165, 1.54) is 19.1 Å². The van der Waals surface area contributed by atoms with Gasteiger partial charge in [-0.2, -0.15) is 0 Å². The third-order valence-electron chi connectivity index (χ3n) is 5.18. The van der Waals surface area contributed by atoms with Crippen molar-refractivity contribution < 1.29 is 24.3 Å². The lowest BCUT2D eigenvalue weighted by Gasteiger charge is -2.41. The summed E-state index contributed by atoms with van der Waals surface area (Å²) in [7, 11) is 0. The Labute approximate surface area is 174 Å². The second-order valence-electron chi connectivity index (χ2n) is 7.13. The highest BCUT2D eigenvalue weighted by molar-refractivity contribution is 5.93. The van der Waals surface area contributed by atoms with E-state index in [4.69, 9.17) is 5.21 Å². The quantitative estimate of drug-likeness (QED) is 0.374. The molecule has 2 amide bonds. The molecular formula is C21H25FN4O4. The molecule has 2 aromatic carbocycles. The molecule has 0 radical (unpaired) electrons. The molecule has 1 heterocycles. The van der Waals surface area contributed by atoms with Gasteiger partial charge in [-0.15, -0.1) is 0 Å². The largest absolute Gasteiger partial charge is 0.361 e. The van der Waals surface area contributed by atoms with Crippen molar-refractivity contribution in [3.8, 4) is 0 Å². The number of hydroxylamine groups is 1. The number of piperazine rings is 1. The molecule has 2 aromatic rings. The average Bonchev–Trinajstić information content (AvgIpc) is 2.77. The number of aliphatic hydroxyl groups is 1. The first-order valence-electron chi connectivity index (χ1n) is 9.62. The average molecular weight is 416 g/mol. The molecule has 1 unspecified atom stereocenters. The molecule has 8 nitrogen and oxygen atoms in total. The topological polar surface area (TPSA) is 96.4 Å². The van der Waals surface area contributed by atoms with Crippen LogP contribution in [0.4, 0.5) is 10.1 Å². The summed E-state index contributed by atoms with van der Waals surface area (Å²) < 4.78 is 13.9. The lowest BCUT2D eigenvalue weighted by Crippen LogP contribution is -2.56. The van der Waals surface area contributed by atoms with Gasteiger partial charge in [0.1, 0.15) is 5.82 Å².